The zero-order chi connectivity index (χ0) is 15.3. The molecule has 0 radical (unpaired) electrons. The first-order valence-corrected chi connectivity index (χ1v) is 6.63. The number of amides is 2. The number of rotatable bonds is 6. The van der Waals surface area contributed by atoms with Crippen molar-refractivity contribution >= 4 is 17.7 Å². The minimum absolute atomic E-state index is 0.0758. The number of aliphatic carboxylic acids is 1. The second-order valence-corrected chi connectivity index (χ2v) is 5.04. The van der Waals surface area contributed by atoms with Gasteiger partial charge in [0.2, 0.25) is 0 Å². The number of nitrogens with zero attached hydrogens (tertiary/aromatic N) is 2. The summed E-state index contributed by atoms with van der Waals surface area (Å²) in [4.78, 5) is 23.0. The van der Waals surface area contributed by atoms with E-state index in [-0.39, 0.29) is 6.54 Å². The first-order valence-electron chi connectivity index (χ1n) is 6.63. The van der Waals surface area contributed by atoms with Gasteiger partial charge in [-0.25, -0.2) is 4.79 Å². The van der Waals surface area contributed by atoms with E-state index < -0.39 is 17.4 Å². The summed E-state index contributed by atoms with van der Waals surface area (Å²) in [5.74, 6) is -0.920. The van der Waals surface area contributed by atoms with E-state index in [0.29, 0.717) is 18.5 Å². The van der Waals surface area contributed by atoms with Gasteiger partial charge in [0.1, 0.15) is 0 Å². The summed E-state index contributed by atoms with van der Waals surface area (Å²) < 4.78 is 1.63. The molecule has 7 nitrogen and oxygen atoms in total. The van der Waals surface area contributed by atoms with E-state index in [1.807, 2.05) is 6.92 Å². The average Bonchev–Trinajstić information content (AvgIpc) is 2.75. The SMILES string of the molecule is CCc1nn(C)cc1NC(=O)NCC(C)(CC)C(=O)O. The van der Waals surface area contributed by atoms with E-state index in [2.05, 4.69) is 15.7 Å². The standard InChI is InChI=1S/C13H22N4O3/c1-5-9-10(7-17(4)16-9)15-12(20)14-8-13(3,6-2)11(18)19/h7H,5-6,8H2,1-4H3,(H,18,19)(H2,14,15,20). The van der Waals surface area contributed by atoms with Gasteiger partial charge >= 0.3 is 12.0 Å². The molecule has 1 aromatic heterocycles. The molecule has 0 saturated heterocycles. The molecule has 112 valence electrons. The predicted molar refractivity (Wildman–Crippen MR) is 75.6 cm³/mol. The van der Waals surface area contributed by atoms with Crippen LogP contribution in [0.1, 0.15) is 32.9 Å². The van der Waals surface area contributed by atoms with Crippen LogP contribution in [0.3, 0.4) is 0 Å². The lowest BCUT2D eigenvalue weighted by Gasteiger charge is -2.23. The van der Waals surface area contributed by atoms with E-state index in [1.165, 1.54) is 0 Å². The molecule has 1 unspecified atom stereocenters. The first kappa shape index (κ1) is 16.0. The number of urea groups is 1. The third-order valence-corrected chi connectivity index (χ3v) is 3.42. The molecule has 0 aliphatic rings. The number of hydrogen-bond donors (Lipinski definition) is 3. The molecule has 2 amide bonds. The Hall–Kier alpha value is -2.05. The van der Waals surface area contributed by atoms with Gasteiger partial charge in [-0.1, -0.05) is 13.8 Å². The molecule has 20 heavy (non-hydrogen) atoms. The van der Waals surface area contributed by atoms with Crippen molar-refractivity contribution in [1.29, 1.82) is 0 Å². The number of anilines is 1. The fourth-order valence-corrected chi connectivity index (χ4v) is 1.69. The molecule has 0 fully saturated rings. The highest BCUT2D eigenvalue weighted by molar-refractivity contribution is 5.90. The largest absolute Gasteiger partial charge is 0.481 e. The topological polar surface area (TPSA) is 96.3 Å². The third-order valence-electron chi connectivity index (χ3n) is 3.42. The molecular formula is C13H22N4O3. The summed E-state index contributed by atoms with van der Waals surface area (Å²) in [5, 5.41) is 18.6. The van der Waals surface area contributed by atoms with Gasteiger partial charge in [0.15, 0.2) is 0 Å². The minimum Gasteiger partial charge on any atom is -0.481 e. The Kier molecular flexibility index (Phi) is 5.12. The molecule has 1 aromatic rings. The molecular weight excluding hydrogens is 260 g/mol. The molecule has 0 bridgehead atoms. The Balaban J connectivity index is 2.62. The maximum Gasteiger partial charge on any atom is 0.319 e. The number of nitrogens with one attached hydrogen (secondary N) is 2. The summed E-state index contributed by atoms with van der Waals surface area (Å²) in [6, 6.07) is -0.423. The maximum absolute atomic E-state index is 11.8. The summed E-state index contributed by atoms with van der Waals surface area (Å²) in [6.45, 7) is 5.41. The van der Waals surface area contributed by atoms with Gasteiger partial charge in [-0.15, -0.1) is 0 Å². The van der Waals surface area contributed by atoms with Gasteiger partial charge in [0.05, 0.1) is 16.8 Å². The van der Waals surface area contributed by atoms with Crippen LogP contribution in [0.25, 0.3) is 0 Å². The number of carbonyl (C=O) groups excluding carboxylic acids is 1. The number of hydrogen-bond acceptors (Lipinski definition) is 3. The number of carboxylic acids is 1. The van der Waals surface area contributed by atoms with E-state index in [1.54, 1.807) is 31.8 Å². The second-order valence-electron chi connectivity index (χ2n) is 5.04. The van der Waals surface area contributed by atoms with Crippen LogP contribution in [0.4, 0.5) is 10.5 Å². The first-order chi connectivity index (χ1) is 9.32. The quantitative estimate of drug-likeness (QED) is 0.738. The van der Waals surface area contributed by atoms with E-state index in [0.717, 1.165) is 5.69 Å². The number of aromatic nitrogens is 2. The van der Waals surface area contributed by atoms with Gasteiger partial charge in [0.25, 0.3) is 0 Å². The lowest BCUT2D eigenvalue weighted by Crippen LogP contribution is -2.42. The van der Waals surface area contributed by atoms with Gasteiger partial charge in [-0.3, -0.25) is 9.48 Å². The average molecular weight is 282 g/mol. The molecule has 1 heterocycles. The smallest absolute Gasteiger partial charge is 0.319 e. The van der Waals surface area contributed by atoms with Crippen LogP contribution < -0.4 is 10.6 Å². The van der Waals surface area contributed by atoms with Crippen LogP contribution in [-0.2, 0) is 18.3 Å². The molecule has 0 aliphatic carbocycles. The second kappa shape index (κ2) is 6.40. The van der Waals surface area contributed by atoms with Crippen LogP contribution in [0, 0.1) is 5.41 Å². The van der Waals surface area contributed by atoms with Crippen molar-refractivity contribution in [3.63, 3.8) is 0 Å². The third kappa shape index (κ3) is 3.72. The monoisotopic (exact) mass is 282 g/mol. The Morgan fingerprint density at radius 2 is 2.10 bits per heavy atom. The molecule has 3 N–H and O–H groups in total. The summed E-state index contributed by atoms with van der Waals surface area (Å²) in [7, 11) is 1.78. The molecule has 0 aromatic carbocycles. The Bertz CT molecular complexity index is 498. The number of aryl methyl sites for hydroxylation is 2. The number of carbonyl (C=O) groups is 2. The Morgan fingerprint density at radius 1 is 1.45 bits per heavy atom. The Morgan fingerprint density at radius 3 is 2.60 bits per heavy atom. The van der Waals surface area contributed by atoms with Crippen LogP contribution in [-0.4, -0.2) is 33.4 Å². The van der Waals surface area contributed by atoms with Gasteiger partial charge in [-0.2, -0.15) is 5.10 Å². The fourth-order valence-electron chi connectivity index (χ4n) is 1.69. The van der Waals surface area contributed by atoms with Crippen LogP contribution in [0.5, 0.6) is 0 Å². The lowest BCUT2D eigenvalue weighted by molar-refractivity contribution is -0.147. The lowest BCUT2D eigenvalue weighted by atomic mass is 9.88. The Labute approximate surface area is 118 Å². The maximum atomic E-state index is 11.8. The summed E-state index contributed by atoms with van der Waals surface area (Å²) in [6.07, 6.45) is 2.86. The van der Waals surface area contributed by atoms with E-state index >= 15 is 0 Å². The molecule has 1 atom stereocenters. The normalized spacial score (nSPS) is 13.6. The zero-order valence-corrected chi connectivity index (χ0v) is 12.4. The van der Waals surface area contributed by atoms with Crippen molar-refractivity contribution in [3.05, 3.63) is 11.9 Å². The zero-order valence-electron chi connectivity index (χ0n) is 12.4. The highest BCUT2D eigenvalue weighted by Gasteiger charge is 2.31. The van der Waals surface area contributed by atoms with Crippen LogP contribution >= 0.6 is 0 Å². The van der Waals surface area contributed by atoms with Crippen molar-refractivity contribution in [2.45, 2.75) is 33.6 Å². The van der Waals surface area contributed by atoms with E-state index in [9.17, 15) is 9.59 Å². The fraction of sp³-hybridized carbons (Fsp3) is 0.615. The van der Waals surface area contributed by atoms with Gasteiger partial charge in [0, 0.05) is 19.8 Å². The van der Waals surface area contributed by atoms with E-state index in [4.69, 9.17) is 5.11 Å². The highest BCUT2D eigenvalue weighted by Crippen LogP contribution is 2.20. The van der Waals surface area contributed by atoms with Crippen molar-refractivity contribution in [1.82, 2.24) is 15.1 Å². The van der Waals surface area contributed by atoms with Gasteiger partial charge < -0.3 is 15.7 Å². The van der Waals surface area contributed by atoms with Crippen molar-refractivity contribution < 1.29 is 14.7 Å². The van der Waals surface area contributed by atoms with Gasteiger partial charge in [-0.05, 0) is 19.8 Å². The van der Waals surface area contributed by atoms with Crippen molar-refractivity contribution in [2.24, 2.45) is 12.5 Å². The number of carboxylic acid groups (broad SMARTS) is 1. The van der Waals surface area contributed by atoms with Crippen LogP contribution in [0.2, 0.25) is 0 Å². The molecule has 0 spiro atoms. The predicted octanol–water partition coefficient (Wildman–Crippen LogP) is 1.60. The van der Waals surface area contributed by atoms with Crippen molar-refractivity contribution in [2.75, 3.05) is 11.9 Å². The summed E-state index contributed by atoms with van der Waals surface area (Å²) >= 11 is 0. The highest BCUT2D eigenvalue weighted by atomic mass is 16.4. The molecule has 1 rings (SSSR count). The van der Waals surface area contributed by atoms with Crippen LogP contribution in [0.15, 0.2) is 6.20 Å². The molecule has 0 aliphatic heterocycles. The molecule has 7 heteroatoms. The summed E-state index contributed by atoms with van der Waals surface area (Å²) in [5.41, 5.74) is 0.472. The minimum atomic E-state index is -0.958. The molecule has 0 saturated carbocycles. The van der Waals surface area contributed by atoms with Crippen molar-refractivity contribution in [3.8, 4) is 0 Å².